The molecule has 3 nitrogen and oxygen atoms in total. The van der Waals surface area contributed by atoms with Crippen LogP contribution in [0.1, 0.15) is 5.56 Å². The molecule has 4 heteroatoms. The van der Waals surface area contributed by atoms with Gasteiger partial charge in [0, 0.05) is 24.7 Å². The second kappa shape index (κ2) is 5.81. The minimum atomic E-state index is 0. The van der Waals surface area contributed by atoms with Crippen LogP contribution in [0.5, 0.6) is 5.75 Å². The van der Waals surface area contributed by atoms with E-state index >= 15 is 0 Å². The van der Waals surface area contributed by atoms with Gasteiger partial charge in [-0.15, -0.1) is 17.0 Å². The smallest absolute Gasteiger partial charge is 0.201 e. The first-order valence-corrected chi connectivity index (χ1v) is 6.89. The number of anilines is 1. The van der Waals surface area contributed by atoms with Crippen LogP contribution >= 0.6 is 17.0 Å². The fourth-order valence-electron chi connectivity index (χ4n) is 2.62. The molecule has 0 aliphatic carbocycles. The van der Waals surface area contributed by atoms with E-state index in [2.05, 4.69) is 28.1 Å². The lowest BCUT2D eigenvalue weighted by Crippen LogP contribution is -2.12. The van der Waals surface area contributed by atoms with E-state index in [0.29, 0.717) is 0 Å². The number of rotatable bonds is 1. The van der Waals surface area contributed by atoms with E-state index in [1.807, 2.05) is 55.7 Å². The number of pyridine rings is 1. The van der Waals surface area contributed by atoms with Crippen molar-refractivity contribution in [2.75, 3.05) is 11.9 Å². The van der Waals surface area contributed by atoms with Gasteiger partial charge in [0.25, 0.3) is 0 Å². The van der Waals surface area contributed by atoms with Crippen LogP contribution in [0.25, 0.3) is 17.0 Å². The van der Waals surface area contributed by atoms with Crippen molar-refractivity contribution in [1.82, 2.24) is 4.98 Å². The maximum atomic E-state index is 5.94. The Morgan fingerprint density at radius 3 is 2.64 bits per heavy atom. The Kier molecular flexibility index (Phi) is 3.86. The summed E-state index contributed by atoms with van der Waals surface area (Å²) in [4.78, 5) is 6.45. The summed E-state index contributed by atoms with van der Waals surface area (Å²) in [6, 6.07) is 18.2. The molecule has 1 aromatic heterocycles. The van der Waals surface area contributed by atoms with Gasteiger partial charge in [-0.25, -0.2) is 0 Å². The second-order valence-electron chi connectivity index (χ2n) is 5.03. The molecule has 0 saturated heterocycles. The number of fused-ring (bicyclic) bond motifs is 2. The molecular formula is C18H15BrN2O. The van der Waals surface area contributed by atoms with Crippen molar-refractivity contribution >= 4 is 39.6 Å². The van der Waals surface area contributed by atoms with Crippen molar-refractivity contribution in [3.8, 4) is 5.75 Å². The van der Waals surface area contributed by atoms with Crippen molar-refractivity contribution in [2.45, 2.75) is 0 Å². The highest BCUT2D eigenvalue weighted by Gasteiger charge is 2.22. The molecule has 2 aromatic carbocycles. The number of hydrogen-bond donors (Lipinski definition) is 0. The van der Waals surface area contributed by atoms with Crippen LogP contribution in [0.2, 0.25) is 0 Å². The van der Waals surface area contributed by atoms with Crippen LogP contribution in [-0.4, -0.2) is 12.0 Å². The van der Waals surface area contributed by atoms with Gasteiger partial charge in [0.05, 0.1) is 11.2 Å². The van der Waals surface area contributed by atoms with Crippen molar-refractivity contribution in [3.63, 3.8) is 0 Å². The summed E-state index contributed by atoms with van der Waals surface area (Å²) in [6.07, 6.45) is 3.89. The summed E-state index contributed by atoms with van der Waals surface area (Å²) in [6.45, 7) is 0. The number of nitrogens with zero attached hydrogens (tertiary/aromatic N) is 2. The van der Waals surface area contributed by atoms with Crippen LogP contribution in [0.4, 0.5) is 5.69 Å². The molecule has 3 aromatic rings. The van der Waals surface area contributed by atoms with Crippen molar-refractivity contribution in [3.05, 3.63) is 72.2 Å². The predicted octanol–water partition coefficient (Wildman–Crippen LogP) is 4.64. The van der Waals surface area contributed by atoms with Crippen molar-refractivity contribution in [1.29, 1.82) is 0 Å². The first kappa shape index (κ1) is 14.6. The van der Waals surface area contributed by atoms with E-state index in [9.17, 15) is 0 Å². The zero-order valence-electron chi connectivity index (χ0n) is 12.1. The number of halogens is 1. The molecule has 0 bridgehead atoms. The Hall–Kier alpha value is -2.33. The van der Waals surface area contributed by atoms with Gasteiger partial charge in [-0.05, 0) is 29.8 Å². The summed E-state index contributed by atoms with van der Waals surface area (Å²) < 4.78 is 5.94. The topological polar surface area (TPSA) is 25.4 Å². The lowest BCUT2D eigenvalue weighted by atomic mass is 10.1. The number of ether oxygens (including phenoxy) is 1. The molecule has 0 amide bonds. The molecule has 22 heavy (non-hydrogen) atoms. The molecule has 2 heterocycles. The summed E-state index contributed by atoms with van der Waals surface area (Å²) in [5.41, 5.74) is 3.18. The molecule has 0 saturated carbocycles. The van der Waals surface area contributed by atoms with Gasteiger partial charge in [0.1, 0.15) is 0 Å². The van der Waals surface area contributed by atoms with Gasteiger partial charge in [-0.3, -0.25) is 4.98 Å². The van der Waals surface area contributed by atoms with Crippen LogP contribution in [0.3, 0.4) is 0 Å². The summed E-state index contributed by atoms with van der Waals surface area (Å²) in [5.74, 6) is 1.72. The van der Waals surface area contributed by atoms with E-state index in [1.54, 1.807) is 0 Å². The molecule has 0 radical (unpaired) electrons. The number of aromatic nitrogens is 1. The zero-order chi connectivity index (χ0) is 14.2. The largest absolute Gasteiger partial charge is 0.439 e. The lowest BCUT2D eigenvalue weighted by Gasteiger charge is -2.11. The van der Waals surface area contributed by atoms with Gasteiger partial charge >= 0.3 is 0 Å². The Balaban J connectivity index is 0.00000144. The number of hydrogen-bond acceptors (Lipinski definition) is 3. The summed E-state index contributed by atoms with van der Waals surface area (Å²) >= 11 is 0. The third-order valence-electron chi connectivity index (χ3n) is 3.73. The normalized spacial score (nSPS) is 14.6. The van der Waals surface area contributed by atoms with E-state index in [1.165, 1.54) is 0 Å². The highest BCUT2D eigenvalue weighted by molar-refractivity contribution is 8.93. The average Bonchev–Trinajstić information content (AvgIpc) is 2.85. The monoisotopic (exact) mass is 354 g/mol. The van der Waals surface area contributed by atoms with Crippen LogP contribution in [0.15, 0.2) is 66.7 Å². The fraction of sp³-hybridized carbons (Fsp3) is 0.0556. The molecule has 1 aliphatic heterocycles. The summed E-state index contributed by atoms with van der Waals surface area (Å²) in [7, 11) is 2.01. The van der Waals surface area contributed by atoms with Gasteiger partial charge in [0.2, 0.25) is 5.88 Å². The zero-order valence-corrected chi connectivity index (χ0v) is 13.8. The predicted molar refractivity (Wildman–Crippen MR) is 95.5 cm³/mol. The molecule has 1 aliphatic rings. The van der Waals surface area contributed by atoms with E-state index in [4.69, 9.17) is 4.74 Å². The Bertz CT molecular complexity index is 855. The Morgan fingerprint density at radius 1 is 1.00 bits per heavy atom. The number of para-hydroxylation sites is 3. The third kappa shape index (κ3) is 2.35. The van der Waals surface area contributed by atoms with Crippen LogP contribution in [-0.2, 0) is 0 Å². The summed E-state index contributed by atoms with van der Waals surface area (Å²) in [5, 5.41) is 1.13. The van der Waals surface area contributed by atoms with Crippen LogP contribution < -0.4 is 9.64 Å². The molecule has 0 spiro atoms. The van der Waals surface area contributed by atoms with Gasteiger partial charge in [0.15, 0.2) is 5.75 Å². The fourth-order valence-corrected chi connectivity index (χ4v) is 2.62. The van der Waals surface area contributed by atoms with Crippen molar-refractivity contribution in [2.24, 2.45) is 0 Å². The number of benzene rings is 2. The second-order valence-corrected chi connectivity index (χ2v) is 5.03. The van der Waals surface area contributed by atoms with Crippen molar-refractivity contribution < 1.29 is 4.74 Å². The molecule has 0 unspecified atom stereocenters. The average molecular weight is 355 g/mol. The van der Waals surface area contributed by atoms with E-state index in [0.717, 1.165) is 33.8 Å². The molecule has 110 valence electrons. The van der Waals surface area contributed by atoms with Gasteiger partial charge in [-0.2, -0.15) is 0 Å². The first-order chi connectivity index (χ1) is 10.3. The van der Waals surface area contributed by atoms with Gasteiger partial charge in [-0.1, -0.05) is 30.3 Å². The third-order valence-corrected chi connectivity index (χ3v) is 3.73. The SMILES string of the molecule is Br.CN1C(=Cc2ccnc3ccccc23)Oc2ccccc21. The minimum absolute atomic E-state index is 0. The molecular weight excluding hydrogens is 340 g/mol. The van der Waals surface area contributed by atoms with Crippen LogP contribution in [0, 0.1) is 0 Å². The Morgan fingerprint density at radius 2 is 1.77 bits per heavy atom. The van der Waals surface area contributed by atoms with Gasteiger partial charge < -0.3 is 9.64 Å². The molecule has 4 rings (SSSR count). The van der Waals surface area contributed by atoms with E-state index in [-0.39, 0.29) is 17.0 Å². The highest BCUT2D eigenvalue weighted by atomic mass is 79.9. The maximum absolute atomic E-state index is 5.94. The minimum Gasteiger partial charge on any atom is -0.439 e. The molecule has 0 fully saturated rings. The Labute approximate surface area is 139 Å². The highest BCUT2D eigenvalue weighted by Crippen LogP contribution is 2.38. The molecule has 0 atom stereocenters. The molecule has 0 N–H and O–H groups in total. The standard InChI is InChI=1S/C18H14N2O.BrH/c1-20-16-8-4-5-9-17(16)21-18(20)12-13-10-11-19-15-7-3-2-6-14(13)15;/h2-12H,1H3;1H. The lowest BCUT2D eigenvalue weighted by molar-refractivity contribution is 0.449. The van der Waals surface area contributed by atoms with E-state index < -0.39 is 0 Å². The quantitative estimate of drug-likeness (QED) is 0.636. The first-order valence-electron chi connectivity index (χ1n) is 6.89. The maximum Gasteiger partial charge on any atom is 0.201 e.